The monoisotopic (exact) mass is 366 g/mol. The maximum absolute atomic E-state index is 6.13. The molecule has 3 heterocycles. The van der Waals surface area contributed by atoms with Crippen LogP contribution >= 0.6 is 0 Å². The first-order chi connectivity index (χ1) is 13.2. The van der Waals surface area contributed by atoms with Gasteiger partial charge in [-0.15, -0.1) is 10.2 Å². The molecule has 1 aromatic carbocycles. The number of hydrogen-bond donors (Lipinski definition) is 3. The Morgan fingerprint density at radius 3 is 3.04 bits per heavy atom. The van der Waals surface area contributed by atoms with Gasteiger partial charge < -0.3 is 16.0 Å². The molecule has 1 fully saturated rings. The van der Waals surface area contributed by atoms with E-state index in [2.05, 4.69) is 37.5 Å². The van der Waals surface area contributed by atoms with Crippen molar-refractivity contribution in [3.05, 3.63) is 23.9 Å². The molecule has 0 spiro atoms. The lowest BCUT2D eigenvalue weighted by Crippen LogP contribution is -2.51. The lowest BCUT2D eigenvalue weighted by atomic mass is 10.1. The van der Waals surface area contributed by atoms with Gasteiger partial charge in [0.25, 0.3) is 0 Å². The Kier molecular flexibility index (Phi) is 4.89. The zero-order chi connectivity index (χ0) is 18.8. The third kappa shape index (κ3) is 3.57. The predicted molar refractivity (Wildman–Crippen MR) is 108 cm³/mol. The summed E-state index contributed by atoms with van der Waals surface area (Å²) in [4.78, 5) is 7.00. The first kappa shape index (κ1) is 17.7. The molecule has 0 saturated carbocycles. The number of benzene rings is 1. The largest absolute Gasteiger partial charge is 0.379 e. The lowest BCUT2D eigenvalue weighted by Gasteiger charge is -2.34. The van der Waals surface area contributed by atoms with E-state index in [0.29, 0.717) is 17.7 Å². The minimum atomic E-state index is 0.385. The molecule has 2 aromatic heterocycles. The number of fused-ring (bicyclic) bond motifs is 1. The van der Waals surface area contributed by atoms with Crippen molar-refractivity contribution in [3.8, 4) is 11.4 Å². The van der Waals surface area contributed by atoms with E-state index in [1.165, 1.54) is 12.8 Å². The van der Waals surface area contributed by atoms with Crippen molar-refractivity contribution in [1.82, 2.24) is 30.7 Å². The van der Waals surface area contributed by atoms with Gasteiger partial charge in [-0.25, -0.2) is 4.98 Å². The summed E-state index contributed by atoms with van der Waals surface area (Å²) in [6, 6.07) is 6.45. The van der Waals surface area contributed by atoms with E-state index in [1.807, 2.05) is 25.1 Å². The number of hydrogen-bond acceptors (Lipinski definition) is 7. The van der Waals surface area contributed by atoms with Crippen molar-refractivity contribution in [1.29, 1.82) is 0 Å². The van der Waals surface area contributed by atoms with Gasteiger partial charge in [0.15, 0.2) is 17.5 Å². The summed E-state index contributed by atoms with van der Waals surface area (Å²) >= 11 is 0. The number of anilines is 2. The molecule has 1 atom stereocenters. The van der Waals surface area contributed by atoms with Crippen LogP contribution in [0.3, 0.4) is 0 Å². The van der Waals surface area contributed by atoms with Crippen molar-refractivity contribution in [3.63, 3.8) is 0 Å². The average molecular weight is 366 g/mol. The molecule has 4 N–H and O–H groups in total. The Balaban J connectivity index is 1.63. The standard InChI is InChI=1S/C19H26N8/c1-3-4-5-14-11-27(9-8-21-14)19-17(20)25-26-18(22-19)13-6-7-16-15(10-13)12(2)23-24-16/h6-7,10,14,21H,3-5,8-9,11H2,1-2H3,(H2,20,25)(H,23,24)/t14-/m0/s1. The van der Waals surface area contributed by atoms with Crippen LogP contribution in [0.15, 0.2) is 18.2 Å². The number of nitrogens with one attached hydrogen (secondary N) is 2. The Hall–Kier alpha value is -2.74. The Morgan fingerprint density at radius 2 is 2.19 bits per heavy atom. The molecule has 142 valence electrons. The minimum Gasteiger partial charge on any atom is -0.379 e. The molecule has 0 radical (unpaired) electrons. The molecule has 0 unspecified atom stereocenters. The number of piperazine rings is 1. The smallest absolute Gasteiger partial charge is 0.189 e. The molecule has 8 nitrogen and oxygen atoms in total. The van der Waals surface area contributed by atoms with Crippen LogP contribution in [-0.2, 0) is 0 Å². The van der Waals surface area contributed by atoms with Gasteiger partial charge in [0.2, 0.25) is 0 Å². The van der Waals surface area contributed by atoms with E-state index in [0.717, 1.165) is 54.0 Å². The van der Waals surface area contributed by atoms with Crippen LogP contribution in [0.5, 0.6) is 0 Å². The Morgan fingerprint density at radius 1 is 1.30 bits per heavy atom. The first-order valence-electron chi connectivity index (χ1n) is 9.59. The van der Waals surface area contributed by atoms with E-state index >= 15 is 0 Å². The zero-order valence-corrected chi connectivity index (χ0v) is 15.9. The van der Waals surface area contributed by atoms with E-state index in [4.69, 9.17) is 10.7 Å². The molecule has 8 heteroatoms. The number of H-pyrrole nitrogens is 1. The normalized spacial score (nSPS) is 17.6. The fourth-order valence-corrected chi connectivity index (χ4v) is 3.62. The van der Waals surface area contributed by atoms with Gasteiger partial charge in [-0.1, -0.05) is 19.8 Å². The molecule has 0 aliphatic carbocycles. The van der Waals surface area contributed by atoms with Crippen molar-refractivity contribution in [2.24, 2.45) is 0 Å². The maximum atomic E-state index is 6.13. The molecule has 27 heavy (non-hydrogen) atoms. The fraction of sp³-hybridized carbons (Fsp3) is 0.474. The van der Waals surface area contributed by atoms with Crippen LogP contribution in [0, 0.1) is 6.92 Å². The second kappa shape index (κ2) is 7.48. The second-order valence-corrected chi connectivity index (χ2v) is 7.16. The highest BCUT2D eigenvalue weighted by Crippen LogP contribution is 2.26. The van der Waals surface area contributed by atoms with Crippen molar-refractivity contribution < 1.29 is 0 Å². The highest BCUT2D eigenvalue weighted by atomic mass is 15.3. The van der Waals surface area contributed by atoms with E-state index in [-0.39, 0.29) is 0 Å². The third-order valence-corrected chi connectivity index (χ3v) is 5.16. The van der Waals surface area contributed by atoms with Crippen LogP contribution in [0.1, 0.15) is 31.9 Å². The number of nitrogens with two attached hydrogens (primary N) is 1. The molecule has 4 rings (SSSR count). The van der Waals surface area contributed by atoms with Crippen LogP contribution in [-0.4, -0.2) is 51.1 Å². The highest BCUT2D eigenvalue weighted by molar-refractivity contribution is 5.85. The van der Waals surface area contributed by atoms with Crippen LogP contribution in [0.2, 0.25) is 0 Å². The van der Waals surface area contributed by atoms with Crippen LogP contribution in [0.25, 0.3) is 22.3 Å². The molecule has 0 bridgehead atoms. The molecule has 1 saturated heterocycles. The fourth-order valence-electron chi connectivity index (χ4n) is 3.62. The van der Waals surface area contributed by atoms with Gasteiger partial charge in [-0.3, -0.25) is 5.10 Å². The summed E-state index contributed by atoms with van der Waals surface area (Å²) in [5.74, 6) is 1.70. The number of aryl methyl sites for hydroxylation is 1. The molecule has 1 aliphatic heterocycles. The van der Waals surface area contributed by atoms with Gasteiger partial charge in [-0.05, 0) is 31.5 Å². The van der Waals surface area contributed by atoms with Gasteiger partial charge in [0, 0.05) is 42.3 Å². The molecule has 3 aromatic rings. The second-order valence-electron chi connectivity index (χ2n) is 7.16. The lowest BCUT2D eigenvalue weighted by molar-refractivity contribution is 0.421. The van der Waals surface area contributed by atoms with Crippen molar-refractivity contribution >= 4 is 22.5 Å². The third-order valence-electron chi connectivity index (χ3n) is 5.16. The van der Waals surface area contributed by atoms with Crippen molar-refractivity contribution in [2.75, 3.05) is 30.3 Å². The number of aromatic nitrogens is 5. The van der Waals surface area contributed by atoms with Gasteiger partial charge in [-0.2, -0.15) is 5.10 Å². The summed E-state index contributed by atoms with van der Waals surface area (Å²) in [7, 11) is 0. The number of rotatable bonds is 5. The average Bonchev–Trinajstić information content (AvgIpc) is 3.07. The summed E-state index contributed by atoms with van der Waals surface area (Å²) in [6.07, 6.45) is 3.59. The predicted octanol–water partition coefficient (Wildman–Crippen LogP) is 2.27. The summed E-state index contributed by atoms with van der Waals surface area (Å²) in [5, 5.41) is 20.4. The number of nitrogens with zero attached hydrogens (tertiary/aromatic N) is 5. The first-order valence-corrected chi connectivity index (χ1v) is 9.59. The van der Waals surface area contributed by atoms with E-state index in [1.54, 1.807) is 0 Å². The van der Waals surface area contributed by atoms with Crippen molar-refractivity contribution in [2.45, 2.75) is 39.2 Å². The van der Waals surface area contributed by atoms with Crippen LogP contribution in [0.4, 0.5) is 11.6 Å². The van der Waals surface area contributed by atoms with Gasteiger partial charge >= 0.3 is 0 Å². The molecule has 0 amide bonds. The summed E-state index contributed by atoms with van der Waals surface area (Å²) < 4.78 is 0. The Labute approximate surface area is 158 Å². The van der Waals surface area contributed by atoms with Crippen LogP contribution < -0.4 is 16.0 Å². The molecule has 1 aliphatic rings. The highest BCUT2D eigenvalue weighted by Gasteiger charge is 2.23. The van der Waals surface area contributed by atoms with E-state index < -0.39 is 0 Å². The molecular formula is C19H26N8. The molecular weight excluding hydrogens is 340 g/mol. The topological polar surface area (TPSA) is 109 Å². The number of unbranched alkanes of at least 4 members (excludes halogenated alkanes) is 1. The van der Waals surface area contributed by atoms with Gasteiger partial charge in [0.1, 0.15) is 0 Å². The number of aromatic amines is 1. The summed E-state index contributed by atoms with van der Waals surface area (Å²) in [5.41, 5.74) is 9.00. The van der Waals surface area contributed by atoms with Gasteiger partial charge in [0.05, 0.1) is 5.52 Å². The quantitative estimate of drug-likeness (QED) is 0.635. The zero-order valence-electron chi connectivity index (χ0n) is 15.9. The summed E-state index contributed by atoms with van der Waals surface area (Å²) in [6.45, 7) is 6.90. The SMILES string of the molecule is CCCC[C@H]1CN(c2nc(-c3ccc4n[nH]c(C)c4c3)nnc2N)CCN1. The maximum Gasteiger partial charge on any atom is 0.189 e. The van der Waals surface area contributed by atoms with E-state index in [9.17, 15) is 0 Å². The Bertz CT molecular complexity index is 935. The minimum absolute atomic E-state index is 0.385. The number of nitrogen functional groups attached to an aromatic ring is 1.